The third-order valence-electron chi connectivity index (χ3n) is 3.37. The van der Waals surface area contributed by atoms with Crippen LogP contribution in [0.3, 0.4) is 0 Å². The largest absolute Gasteiger partial charge is 0.493 e. The number of rotatable bonds is 6. The van der Waals surface area contributed by atoms with Crippen LogP contribution in [0, 0.1) is 5.82 Å². The van der Waals surface area contributed by atoms with Gasteiger partial charge in [-0.1, -0.05) is 12.1 Å². The lowest BCUT2D eigenvalue weighted by Crippen LogP contribution is -2.30. The molecule has 2 rings (SSSR count). The molecule has 2 aromatic carbocycles. The summed E-state index contributed by atoms with van der Waals surface area (Å²) in [7, 11) is 1.44. The Morgan fingerprint density at radius 3 is 2.46 bits per heavy atom. The number of carbonyl (C=O) groups excluding carboxylic acids is 2. The van der Waals surface area contributed by atoms with E-state index in [4.69, 9.17) is 9.47 Å². The molecule has 0 aliphatic rings. The average Bonchev–Trinajstić information content (AvgIpc) is 2.56. The third-order valence-corrected chi connectivity index (χ3v) is 3.37. The first-order valence-electron chi connectivity index (χ1n) is 7.33. The number of para-hydroxylation sites is 1. The van der Waals surface area contributed by atoms with E-state index in [1.165, 1.54) is 39.2 Å². The van der Waals surface area contributed by atoms with Crippen LogP contribution < -0.4 is 14.8 Å². The van der Waals surface area contributed by atoms with E-state index < -0.39 is 17.8 Å². The molecule has 0 saturated heterocycles. The Balaban J connectivity index is 2.11. The molecule has 0 saturated carbocycles. The SMILES string of the molecule is COc1cc(C(C)=O)ccc1O[C@H](C)C(=O)Nc1ccccc1F. The Morgan fingerprint density at radius 2 is 1.83 bits per heavy atom. The summed E-state index contributed by atoms with van der Waals surface area (Å²) in [5.74, 6) is -0.476. The van der Waals surface area contributed by atoms with Crippen molar-refractivity contribution in [2.45, 2.75) is 20.0 Å². The van der Waals surface area contributed by atoms with Gasteiger partial charge in [-0.15, -0.1) is 0 Å². The summed E-state index contributed by atoms with van der Waals surface area (Å²) in [6.45, 7) is 2.98. The lowest BCUT2D eigenvalue weighted by molar-refractivity contribution is -0.122. The van der Waals surface area contributed by atoms with Gasteiger partial charge in [0, 0.05) is 5.56 Å². The number of hydrogen-bond donors (Lipinski definition) is 1. The molecular formula is C18H18FNO4. The summed E-state index contributed by atoms with van der Waals surface area (Å²) < 4.78 is 24.3. The molecule has 0 spiro atoms. The van der Waals surface area contributed by atoms with Gasteiger partial charge in [0.1, 0.15) is 5.82 Å². The molecule has 0 bridgehead atoms. The van der Waals surface area contributed by atoms with Crippen molar-refractivity contribution in [1.29, 1.82) is 0 Å². The average molecular weight is 331 g/mol. The number of ether oxygens (including phenoxy) is 2. The molecule has 0 aliphatic carbocycles. The van der Waals surface area contributed by atoms with Crippen molar-refractivity contribution in [2.24, 2.45) is 0 Å². The highest BCUT2D eigenvalue weighted by molar-refractivity contribution is 5.95. The second-order valence-corrected chi connectivity index (χ2v) is 5.15. The molecule has 0 aromatic heterocycles. The minimum absolute atomic E-state index is 0.0804. The predicted molar refractivity (Wildman–Crippen MR) is 88.1 cm³/mol. The fraction of sp³-hybridized carbons (Fsp3) is 0.222. The van der Waals surface area contributed by atoms with Crippen molar-refractivity contribution < 1.29 is 23.5 Å². The maximum absolute atomic E-state index is 13.6. The fourth-order valence-corrected chi connectivity index (χ4v) is 2.02. The summed E-state index contributed by atoms with van der Waals surface area (Å²) in [6.07, 6.45) is -0.887. The van der Waals surface area contributed by atoms with E-state index in [2.05, 4.69) is 5.32 Å². The van der Waals surface area contributed by atoms with Gasteiger partial charge in [-0.05, 0) is 44.2 Å². The van der Waals surface area contributed by atoms with E-state index in [0.717, 1.165) is 0 Å². The van der Waals surface area contributed by atoms with E-state index >= 15 is 0 Å². The quantitative estimate of drug-likeness (QED) is 0.824. The molecule has 0 radical (unpaired) electrons. The van der Waals surface area contributed by atoms with E-state index in [0.29, 0.717) is 17.1 Å². The summed E-state index contributed by atoms with van der Waals surface area (Å²) in [5.41, 5.74) is 0.555. The van der Waals surface area contributed by atoms with Gasteiger partial charge in [-0.25, -0.2) is 4.39 Å². The highest BCUT2D eigenvalue weighted by Crippen LogP contribution is 2.29. The highest BCUT2D eigenvalue weighted by atomic mass is 19.1. The number of ketones is 1. The Morgan fingerprint density at radius 1 is 1.12 bits per heavy atom. The maximum atomic E-state index is 13.6. The lowest BCUT2D eigenvalue weighted by Gasteiger charge is -2.17. The van der Waals surface area contributed by atoms with Crippen LogP contribution in [0.15, 0.2) is 42.5 Å². The molecule has 0 unspecified atom stereocenters. The van der Waals surface area contributed by atoms with Crippen molar-refractivity contribution in [3.63, 3.8) is 0 Å². The lowest BCUT2D eigenvalue weighted by atomic mass is 10.1. The fourth-order valence-electron chi connectivity index (χ4n) is 2.02. The molecule has 1 atom stereocenters. The second kappa shape index (κ2) is 7.59. The van der Waals surface area contributed by atoms with Crippen LogP contribution in [0.5, 0.6) is 11.5 Å². The van der Waals surface area contributed by atoms with Gasteiger partial charge >= 0.3 is 0 Å². The normalized spacial score (nSPS) is 11.5. The molecule has 126 valence electrons. The van der Waals surface area contributed by atoms with Crippen LogP contribution >= 0.6 is 0 Å². The Labute approximate surface area is 139 Å². The summed E-state index contributed by atoms with van der Waals surface area (Å²) >= 11 is 0. The molecule has 0 aliphatic heterocycles. The highest BCUT2D eigenvalue weighted by Gasteiger charge is 2.18. The number of carbonyl (C=O) groups is 2. The van der Waals surface area contributed by atoms with E-state index in [1.807, 2.05) is 0 Å². The molecule has 6 heteroatoms. The standard InChI is InChI=1S/C18H18FNO4/c1-11(21)13-8-9-16(17(10-13)23-3)24-12(2)18(22)20-15-7-5-4-6-14(15)19/h4-10,12H,1-3H3,(H,20,22)/t12-/m1/s1. The number of anilines is 1. The molecule has 5 nitrogen and oxygen atoms in total. The van der Waals surface area contributed by atoms with Gasteiger partial charge < -0.3 is 14.8 Å². The van der Waals surface area contributed by atoms with Crippen LogP contribution in [0.2, 0.25) is 0 Å². The van der Waals surface area contributed by atoms with Crippen molar-refractivity contribution in [2.75, 3.05) is 12.4 Å². The van der Waals surface area contributed by atoms with Crippen molar-refractivity contribution in [3.8, 4) is 11.5 Å². The van der Waals surface area contributed by atoms with Crippen LogP contribution in [0.4, 0.5) is 10.1 Å². The molecular weight excluding hydrogens is 313 g/mol. The molecule has 24 heavy (non-hydrogen) atoms. The first-order chi connectivity index (χ1) is 11.4. The zero-order valence-corrected chi connectivity index (χ0v) is 13.6. The first kappa shape index (κ1) is 17.5. The minimum atomic E-state index is -0.887. The molecule has 0 heterocycles. The van der Waals surface area contributed by atoms with E-state index in [1.54, 1.807) is 24.3 Å². The molecule has 1 amide bonds. The van der Waals surface area contributed by atoms with E-state index in [-0.39, 0.29) is 11.5 Å². The number of hydrogen-bond acceptors (Lipinski definition) is 4. The first-order valence-corrected chi connectivity index (χ1v) is 7.33. The topological polar surface area (TPSA) is 64.6 Å². The predicted octanol–water partition coefficient (Wildman–Crippen LogP) is 3.44. The van der Waals surface area contributed by atoms with Crippen LogP contribution in [0.1, 0.15) is 24.2 Å². The third kappa shape index (κ3) is 4.10. The monoisotopic (exact) mass is 331 g/mol. The number of Topliss-reactive ketones (excluding diaryl/α,β-unsaturated/α-hetero) is 1. The van der Waals surface area contributed by atoms with Gasteiger partial charge in [-0.2, -0.15) is 0 Å². The van der Waals surface area contributed by atoms with Gasteiger partial charge in [0.05, 0.1) is 12.8 Å². The number of benzene rings is 2. The zero-order valence-electron chi connectivity index (χ0n) is 13.6. The zero-order chi connectivity index (χ0) is 17.7. The summed E-state index contributed by atoms with van der Waals surface area (Å²) in [4.78, 5) is 23.5. The number of halogens is 1. The van der Waals surface area contributed by atoms with Gasteiger partial charge in [0.15, 0.2) is 23.4 Å². The number of nitrogens with one attached hydrogen (secondary N) is 1. The molecule has 1 N–H and O–H groups in total. The molecule has 2 aromatic rings. The van der Waals surface area contributed by atoms with Crippen molar-refractivity contribution >= 4 is 17.4 Å². The van der Waals surface area contributed by atoms with Crippen LogP contribution in [-0.2, 0) is 4.79 Å². The summed E-state index contributed by atoms with van der Waals surface area (Å²) in [5, 5.41) is 2.46. The second-order valence-electron chi connectivity index (χ2n) is 5.15. The van der Waals surface area contributed by atoms with Gasteiger partial charge in [-0.3, -0.25) is 9.59 Å². The minimum Gasteiger partial charge on any atom is -0.493 e. The van der Waals surface area contributed by atoms with Gasteiger partial charge in [0.2, 0.25) is 0 Å². The Kier molecular flexibility index (Phi) is 5.52. The van der Waals surface area contributed by atoms with Crippen molar-refractivity contribution in [1.82, 2.24) is 0 Å². The number of methoxy groups -OCH3 is 1. The van der Waals surface area contributed by atoms with Crippen LogP contribution in [-0.4, -0.2) is 24.9 Å². The van der Waals surface area contributed by atoms with Gasteiger partial charge in [0.25, 0.3) is 5.91 Å². The summed E-state index contributed by atoms with van der Waals surface area (Å²) in [6, 6.07) is 10.6. The van der Waals surface area contributed by atoms with Crippen molar-refractivity contribution in [3.05, 3.63) is 53.8 Å². The molecule has 0 fully saturated rings. The Hall–Kier alpha value is -2.89. The number of amides is 1. The maximum Gasteiger partial charge on any atom is 0.265 e. The van der Waals surface area contributed by atoms with E-state index in [9.17, 15) is 14.0 Å². The van der Waals surface area contributed by atoms with Crippen LogP contribution in [0.25, 0.3) is 0 Å². The Bertz CT molecular complexity index is 760. The smallest absolute Gasteiger partial charge is 0.265 e.